The van der Waals surface area contributed by atoms with Crippen LogP contribution in [0.15, 0.2) is 23.4 Å². The van der Waals surface area contributed by atoms with Crippen LogP contribution in [0.3, 0.4) is 0 Å². The van der Waals surface area contributed by atoms with Crippen molar-refractivity contribution < 1.29 is 4.79 Å². The Bertz CT molecular complexity index is 276. The van der Waals surface area contributed by atoms with Gasteiger partial charge in [-0.15, -0.1) is 0 Å². The van der Waals surface area contributed by atoms with Crippen molar-refractivity contribution in [2.45, 2.75) is 38.5 Å². The van der Waals surface area contributed by atoms with Gasteiger partial charge in [0.15, 0.2) is 0 Å². The monoisotopic (exact) mass is 177 g/mol. The van der Waals surface area contributed by atoms with E-state index in [-0.39, 0.29) is 5.91 Å². The van der Waals surface area contributed by atoms with Gasteiger partial charge < -0.3 is 5.32 Å². The standard InChI is InChI=1S/C11H15NO/c13-11(9-5-1-2-6-9)12-10-7-3-4-8-10/h5,7H,1-4,6,8H2,(H,12,13). The fraction of sp³-hybridized carbons (Fsp3) is 0.545. The van der Waals surface area contributed by atoms with E-state index in [1.165, 1.54) is 6.42 Å². The van der Waals surface area contributed by atoms with Gasteiger partial charge in [-0.3, -0.25) is 4.79 Å². The van der Waals surface area contributed by atoms with Crippen molar-refractivity contribution in [2.24, 2.45) is 0 Å². The van der Waals surface area contributed by atoms with Crippen LogP contribution in [0.1, 0.15) is 38.5 Å². The summed E-state index contributed by atoms with van der Waals surface area (Å²) in [5.41, 5.74) is 2.10. The molecule has 2 aliphatic carbocycles. The number of nitrogens with one attached hydrogen (secondary N) is 1. The molecule has 2 aliphatic rings. The lowest BCUT2D eigenvalue weighted by Gasteiger charge is -2.05. The van der Waals surface area contributed by atoms with Crippen molar-refractivity contribution in [1.29, 1.82) is 0 Å². The first-order valence-electron chi connectivity index (χ1n) is 5.06. The summed E-state index contributed by atoms with van der Waals surface area (Å²) in [4.78, 5) is 11.6. The molecule has 0 saturated carbocycles. The van der Waals surface area contributed by atoms with Gasteiger partial charge in [-0.2, -0.15) is 0 Å². The number of rotatable bonds is 2. The predicted octanol–water partition coefficient (Wildman–Crippen LogP) is 2.28. The number of allylic oxidation sites excluding steroid dienone is 3. The lowest BCUT2D eigenvalue weighted by molar-refractivity contribution is -0.116. The summed E-state index contributed by atoms with van der Waals surface area (Å²) in [6.45, 7) is 0. The third-order valence-electron chi connectivity index (χ3n) is 2.65. The Kier molecular flexibility index (Phi) is 2.48. The molecule has 0 fully saturated rings. The molecular weight excluding hydrogens is 162 g/mol. The quantitative estimate of drug-likeness (QED) is 0.688. The number of amides is 1. The zero-order valence-electron chi connectivity index (χ0n) is 7.81. The molecule has 0 saturated heterocycles. The Morgan fingerprint density at radius 2 is 1.92 bits per heavy atom. The molecule has 0 spiro atoms. The molecule has 0 atom stereocenters. The Morgan fingerprint density at radius 1 is 1.15 bits per heavy atom. The highest BCUT2D eigenvalue weighted by atomic mass is 16.1. The van der Waals surface area contributed by atoms with Crippen molar-refractivity contribution >= 4 is 5.91 Å². The van der Waals surface area contributed by atoms with Crippen LogP contribution in [0.5, 0.6) is 0 Å². The van der Waals surface area contributed by atoms with Gasteiger partial charge in [-0.25, -0.2) is 0 Å². The van der Waals surface area contributed by atoms with E-state index in [2.05, 4.69) is 17.5 Å². The fourth-order valence-corrected chi connectivity index (χ4v) is 1.89. The fourth-order valence-electron chi connectivity index (χ4n) is 1.89. The van der Waals surface area contributed by atoms with Gasteiger partial charge in [0.2, 0.25) is 0 Å². The maximum Gasteiger partial charge on any atom is 0.250 e. The molecule has 2 heteroatoms. The average molecular weight is 177 g/mol. The minimum atomic E-state index is 0.130. The highest BCUT2D eigenvalue weighted by Gasteiger charge is 2.15. The van der Waals surface area contributed by atoms with Crippen molar-refractivity contribution in [3.63, 3.8) is 0 Å². The summed E-state index contributed by atoms with van der Waals surface area (Å²) in [5, 5.41) is 2.97. The Labute approximate surface area is 78.7 Å². The van der Waals surface area contributed by atoms with Crippen LogP contribution in [0, 0.1) is 0 Å². The van der Waals surface area contributed by atoms with Gasteiger partial charge in [0.25, 0.3) is 5.91 Å². The second-order valence-electron chi connectivity index (χ2n) is 3.70. The van der Waals surface area contributed by atoms with Crippen LogP contribution in [0.2, 0.25) is 0 Å². The largest absolute Gasteiger partial charge is 0.326 e. The molecular formula is C11H15NO. The van der Waals surface area contributed by atoms with E-state index < -0.39 is 0 Å². The number of hydrogen-bond donors (Lipinski definition) is 1. The first kappa shape index (κ1) is 8.54. The van der Waals surface area contributed by atoms with E-state index in [1.807, 2.05) is 0 Å². The molecule has 2 nitrogen and oxygen atoms in total. The lowest BCUT2D eigenvalue weighted by atomic mass is 10.2. The van der Waals surface area contributed by atoms with Crippen molar-refractivity contribution in [2.75, 3.05) is 0 Å². The van der Waals surface area contributed by atoms with Crippen LogP contribution in [-0.2, 0) is 4.79 Å². The molecule has 0 radical (unpaired) electrons. The summed E-state index contributed by atoms with van der Waals surface area (Å²) >= 11 is 0. The van der Waals surface area contributed by atoms with Gasteiger partial charge in [0, 0.05) is 11.3 Å². The maximum atomic E-state index is 11.6. The molecule has 0 unspecified atom stereocenters. The van der Waals surface area contributed by atoms with E-state index in [0.29, 0.717) is 0 Å². The maximum absolute atomic E-state index is 11.6. The van der Waals surface area contributed by atoms with Gasteiger partial charge in [-0.05, 0) is 38.5 Å². The first-order valence-corrected chi connectivity index (χ1v) is 5.06. The summed E-state index contributed by atoms with van der Waals surface area (Å²) in [5.74, 6) is 0.130. The zero-order chi connectivity index (χ0) is 9.10. The van der Waals surface area contributed by atoms with Crippen molar-refractivity contribution in [1.82, 2.24) is 5.32 Å². The molecule has 0 aromatic rings. The third-order valence-corrected chi connectivity index (χ3v) is 2.65. The third kappa shape index (κ3) is 2.00. The molecule has 1 N–H and O–H groups in total. The second-order valence-corrected chi connectivity index (χ2v) is 3.70. The smallest absolute Gasteiger partial charge is 0.250 e. The van der Waals surface area contributed by atoms with E-state index in [1.54, 1.807) is 0 Å². The van der Waals surface area contributed by atoms with Crippen molar-refractivity contribution in [3.8, 4) is 0 Å². The highest BCUT2D eigenvalue weighted by Crippen LogP contribution is 2.20. The average Bonchev–Trinajstić information content (AvgIpc) is 2.74. The summed E-state index contributed by atoms with van der Waals surface area (Å²) in [6.07, 6.45) is 10.7. The molecule has 0 bridgehead atoms. The Balaban J connectivity index is 1.90. The van der Waals surface area contributed by atoms with Crippen LogP contribution < -0.4 is 5.32 Å². The zero-order valence-corrected chi connectivity index (χ0v) is 7.81. The minimum absolute atomic E-state index is 0.130. The topological polar surface area (TPSA) is 29.1 Å². The molecule has 0 aromatic carbocycles. The molecule has 0 aromatic heterocycles. The molecule has 0 heterocycles. The van der Waals surface area contributed by atoms with Crippen molar-refractivity contribution in [3.05, 3.63) is 23.4 Å². The molecule has 0 aliphatic heterocycles. The minimum Gasteiger partial charge on any atom is -0.326 e. The summed E-state index contributed by atoms with van der Waals surface area (Å²) < 4.78 is 0. The second kappa shape index (κ2) is 3.77. The van der Waals surface area contributed by atoms with Gasteiger partial charge in [-0.1, -0.05) is 12.2 Å². The lowest BCUT2D eigenvalue weighted by Crippen LogP contribution is -2.22. The van der Waals surface area contributed by atoms with E-state index in [4.69, 9.17) is 0 Å². The summed E-state index contributed by atoms with van der Waals surface area (Å²) in [6, 6.07) is 0. The first-order chi connectivity index (χ1) is 6.36. The molecule has 70 valence electrons. The highest BCUT2D eigenvalue weighted by molar-refractivity contribution is 5.94. The normalized spacial score (nSPS) is 21.2. The molecule has 1 amide bonds. The van der Waals surface area contributed by atoms with E-state index >= 15 is 0 Å². The van der Waals surface area contributed by atoms with Crippen LogP contribution in [0.4, 0.5) is 0 Å². The van der Waals surface area contributed by atoms with Crippen LogP contribution >= 0.6 is 0 Å². The molecule has 2 rings (SSSR count). The molecule has 13 heavy (non-hydrogen) atoms. The van der Waals surface area contributed by atoms with Gasteiger partial charge in [0.1, 0.15) is 0 Å². The van der Waals surface area contributed by atoms with E-state index in [9.17, 15) is 4.79 Å². The van der Waals surface area contributed by atoms with Crippen LogP contribution in [0.25, 0.3) is 0 Å². The number of carbonyl (C=O) groups is 1. The predicted molar refractivity (Wildman–Crippen MR) is 52.0 cm³/mol. The summed E-state index contributed by atoms with van der Waals surface area (Å²) in [7, 11) is 0. The van der Waals surface area contributed by atoms with Gasteiger partial charge in [0.05, 0.1) is 0 Å². The van der Waals surface area contributed by atoms with Crippen LogP contribution in [-0.4, -0.2) is 5.91 Å². The number of carbonyl (C=O) groups excluding carboxylic acids is 1. The van der Waals surface area contributed by atoms with E-state index in [0.717, 1.165) is 43.4 Å². The van der Waals surface area contributed by atoms with Gasteiger partial charge >= 0.3 is 0 Å². The Morgan fingerprint density at radius 3 is 2.54 bits per heavy atom. The number of hydrogen-bond acceptors (Lipinski definition) is 1. The Hall–Kier alpha value is -1.05. The SMILES string of the molecule is O=C(NC1=CCCC1)C1=CCCC1.